The Kier molecular flexibility index (Phi) is 3.38. The third-order valence-corrected chi connectivity index (χ3v) is 6.88. The molecule has 2 saturated heterocycles. The van der Waals surface area contributed by atoms with Crippen molar-refractivity contribution in [2.24, 2.45) is 0 Å². The first-order chi connectivity index (χ1) is 10.6. The van der Waals surface area contributed by atoms with Gasteiger partial charge in [0, 0.05) is 41.8 Å². The minimum atomic E-state index is -3.56. The number of sulfonamides is 1. The van der Waals surface area contributed by atoms with Gasteiger partial charge in [0.05, 0.1) is 9.92 Å². The number of rotatable bonds is 2. The summed E-state index contributed by atoms with van der Waals surface area (Å²) in [5.41, 5.74) is 0. The van der Waals surface area contributed by atoms with Crippen LogP contribution in [0.15, 0.2) is 35.5 Å². The Hall–Kier alpha value is -1.21. The fraction of sp³-hybridized carbons (Fsp3) is 0.400. The molecule has 1 N–H and O–H groups in total. The van der Waals surface area contributed by atoms with Crippen molar-refractivity contribution in [2.75, 3.05) is 13.1 Å². The molecule has 2 unspecified atom stereocenters. The zero-order chi connectivity index (χ0) is 15.3. The summed E-state index contributed by atoms with van der Waals surface area (Å²) in [5, 5.41) is 5.06. The molecule has 5 nitrogen and oxygen atoms in total. The molecule has 7 heteroatoms. The van der Waals surface area contributed by atoms with E-state index < -0.39 is 10.0 Å². The van der Waals surface area contributed by atoms with Crippen LogP contribution >= 0.6 is 11.6 Å². The summed E-state index contributed by atoms with van der Waals surface area (Å²) in [6, 6.07) is 5.55. The van der Waals surface area contributed by atoms with Gasteiger partial charge in [-0.25, -0.2) is 8.42 Å². The third-order valence-electron chi connectivity index (χ3n) is 4.63. The Morgan fingerprint density at radius 2 is 2.14 bits per heavy atom. The number of hydrogen-bond donors (Lipinski definition) is 1. The van der Waals surface area contributed by atoms with Gasteiger partial charge in [-0.1, -0.05) is 23.7 Å². The summed E-state index contributed by atoms with van der Waals surface area (Å²) in [6.45, 7) is 1.44. The normalized spacial score (nSPS) is 25.7. The minimum absolute atomic E-state index is 0.0564. The van der Waals surface area contributed by atoms with Gasteiger partial charge >= 0.3 is 0 Å². The van der Waals surface area contributed by atoms with Crippen LogP contribution in [0.1, 0.15) is 12.8 Å². The summed E-state index contributed by atoms with van der Waals surface area (Å²) in [6.07, 6.45) is 4.87. The van der Waals surface area contributed by atoms with Crippen LogP contribution in [0, 0.1) is 0 Å². The van der Waals surface area contributed by atoms with Crippen molar-refractivity contribution in [3.05, 3.63) is 35.6 Å². The molecule has 2 aromatic rings. The van der Waals surface area contributed by atoms with E-state index in [2.05, 4.69) is 10.3 Å². The van der Waals surface area contributed by atoms with Gasteiger partial charge in [0.1, 0.15) is 0 Å². The first-order valence-corrected chi connectivity index (χ1v) is 9.18. The molecule has 0 saturated carbocycles. The summed E-state index contributed by atoms with van der Waals surface area (Å²) in [7, 11) is -3.56. The van der Waals surface area contributed by atoms with Gasteiger partial charge in [0.2, 0.25) is 10.0 Å². The van der Waals surface area contributed by atoms with E-state index in [4.69, 9.17) is 11.6 Å². The van der Waals surface area contributed by atoms with Crippen LogP contribution in [0.2, 0.25) is 5.02 Å². The summed E-state index contributed by atoms with van der Waals surface area (Å²) >= 11 is 6.23. The first kappa shape index (κ1) is 14.4. The summed E-state index contributed by atoms with van der Waals surface area (Å²) < 4.78 is 28.0. The van der Waals surface area contributed by atoms with E-state index >= 15 is 0 Å². The van der Waals surface area contributed by atoms with Crippen molar-refractivity contribution < 1.29 is 8.42 Å². The predicted octanol–water partition coefficient (Wildman–Crippen LogP) is 2.01. The standard InChI is InChI=1S/C15H16ClN3O2S/c16-11-9-17-8-10-2-1-3-14(15(10)11)22(20,21)19-7-5-12-13(19)4-6-18-12/h1-3,8-9,12-13,18H,4-7H2. The van der Waals surface area contributed by atoms with Gasteiger partial charge < -0.3 is 5.32 Å². The Labute approximate surface area is 134 Å². The van der Waals surface area contributed by atoms with Crippen LogP contribution in [0.25, 0.3) is 10.8 Å². The lowest BCUT2D eigenvalue weighted by molar-refractivity contribution is 0.386. The molecule has 22 heavy (non-hydrogen) atoms. The fourth-order valence-electron chi connectivity index (χ4n) is 3.62. The number of pyridine rings is 1. The fourth-order valence-corrected chi connectivity index (χ4v) is 5.89. The van der Waals surface area contributed by atoms with E-state index in [1.807, 2.05) is 6.07 Å². The topological polar surface area (TPSA) is 62.3 Å². The smallest absolute Gasteiger partial charge is 0.244 e. The number of halogens is 1. The molecule has 2 atom stereocenters. The van der Waals surface area contributed by atoms with Crippen molar-refractivity contribution in [1.29, 1.82) is 0 Å². The second kappa shape index (κ2) is 5.16. The van der Waals surface area contributed by atoms with Gasteiger partial charge in [-0.3, -0.25) is 4.98 Å². The highest BCUT2D eigenvalue weighted by atomic mass is 35.5. The summed E-state index contributed by atoms with van der Waals surface area (Å²) in [5.74, 6) is 0. The third kappa shape index (κ3) is 2.06. The molecule has 2 fully saturated rings. The van der Waals surface area contributed by atoms with Crippen molar-refractivity contribution in [1.82, 2.24) is 14.6 Å². The molecule has 0 bridgehead atoms. The quantitative estimate of drug-likeness (QED) is 0.910. The van der Waals surface area contributed by atoms with E-state index in [-0.39, 0.29) is 17.0 Å². The maximum Gasteiger partial charge on any atom is 0.244 e. The molecule has 1 aromatic carbocycles. The zero-order valence-electron chi connectivity index (χ0n) is 11.9. The molecule has 0 aliphatic carbocycles. The number of nitrogens with zero attached hydrogens (tertiary/aromatic N) is 2. The van der Waals surface area contributed by atoms with Crippen molar-refractivity contribution in [2.45, 2.75) is 29.8 Å². The monoisotopic (exact) mass is 337 g/mol. The largest absolute Gasteiger partial charge is 0.312 e. The Balaban J connectivity index is 1.88. The van der Waals surface area contributed by atoms with Crippen LogP contribution in [0.4, 0.5) is 0 Å². The Morgan fingerprint density at radius 3 is 3.00 bits per heavy atom. The highest BCUT2D eigenvalue weighted by Gasteiger charge is 2.44. The molecule has 0 radical (unpaired) electrons. The average Bonchev–Trinajstić information content (AvgIpc) is 3.09. The average molecular weight is 338 g/mol. The summed E-state index contributed by atoms with van der Waals surface area (Å²) in [4.78, 5) is 4.32. The number of aromatic nitrogens is 1. The lowest BCUT2D eigenvalue weighted by Crippen LogP contribution is -2.38. The van der Waals surface area contributed by atoms with Crippen molar-refractivity contribution in [3.63, 3.8) is 0 Å². The van der Waals surface area contributed by atoms with Gasteiger partial charge in [-0.2, -0.15) is 4.31 Å². The second-order valence-corrected chi connectivity index (χ2v) is 8.06. The molecule has 1 aromatic heterocycles. The maximum absolute atomic E-state index is 13.2. The molecular weight excluding hydrogens is 322 g/mol. The lowest BCUT2D eigenvalue weighted by atomic mass is 10.1. The molecule has 2 aliphatic heterocycles. The Morgan fingerprint density at radius 1 is 1.27 bits per heavy atom. The maximum atomic E-state index is 13.2. The van der Waals surface area contributed by atoms with E-state index in [0.29, 0.717) is 17.0 Å². The molecule has 3 heterocycles. The highest BCUT2D eigenvalue weighted by molar-refractivity contribution is 7.89. The number of benzene rings is 1. The van der Waals surface area contributed by atoms with E-state index in [1.165, 1.54) is 6.20 Å². The number of hydrogen-bond acceptors (Lipinski definition) is 4. The molecule has 2 aliphatic rings. The number of fused-ring (bicyclic) bond motifs is 2. The highest BCUT2D eigenvalue weighted by Crippen LogP contribution is 2.35. The van der Waals surface area contributed by atoms with Crippen LogP contribution in [0.5, 0.6) is 0 Å². The van der Waals surface area contributed by atoms with Crippen LogP contribution in [0.3, 0.4) is 0 Å². The SMILES string of the molecule is O=S(=O)(c1cccc2cncc(Cl)c12)N1CCC2NCCC21. The molecule has 116 valence electrons. The Bertz CT molecular complexity index is 835. The van der Waals surface area contributed by atoms with Crippen LogP contribution in [-0.2, 0) is 10.0 Å². The minimum Gasteiger partial charge on any atom is -0.312 e. The number of nitrogens with one attached hydrogen (secondary N) is 1. The van der Waals surface area contributed by atoms with Crippen LogP contribution in [-0.4, -0.2) is 42.9 Å². The van der Waals surface area contributed by atoms with Gasteiger partial charge in [-0.05, 0) is 25.5 Å². The second-order valence-electron chi connectivity index (χ2n) is 5.80. The van der Waals surface area contributed by atoms with E-state index in [0.717, 1.165) is 24.8 Å². The van der Waals surface area contributed by atoms with E-state index in [9.17, 15) is 8.42 Å². The van der Waals surface area contributed by atoms with Gasteiger partial charge in [0.15, 0.2) is 0 Å². The molecule has 4 rings (SSSR count). The van der Waals surface area contributed by atoms with Crippen molar-refractivity contribution in [3.8, 4) is 0 Å². The molecule has 0 amide bonds. The van der Waals surface area contributed by atoms with E-state index in [1.54, 1.807) is 22.6 Å². The molecule has 0 spiro atoms. The van der Waals surface area contributed by atoms with Crippen LogP contribution < -0.4 is 5.32 Å². The zero-order valence-corrected chi connectivity index (χ0v) is 13.4. The molecular formula is C15H16ClN3O2S. The predicted molar refractivity (Wildman–Crippen MR) is 85.5 cm³/mol. The first-order valence-electron chi connectivity index (χ1n) is 7.36. The lowest BCUT2D eigenvalue weighted by Gasteiger charge is -2.23. The van der Waals surface area contributed by atoms with Gasteiger partial charge in [-0.15, -0.1) is 0 Å². The van der Waals surface area contributed by atoms with Gasteiger partial charge in [0.25, 0.3) is 0 Å². The van der Waals surface area contributed by atoms with Crippen molar-refractivity contribution >= 4 is 32.4 Å².